The smallest absolute Gasteiger partial charge is 0.269 e. The Labute approximate surface area is 97.5 Å². The predicted octanol–water partition coefficient (Wildman–Crippen LogP) is 0.916. The van der Waals surface area contributed by atoms with Gasteiger partial charge in [-0.3, -0.25) is 14.9 Å². The van der Waals surface area contributed by atoms with Crippen molar-refractivity contribution >= 4 is 11.6 Å². The average Bonchev–Trinajstić information content (AvgIpc) is 2.29. The molecule has 0 aliphatic rings. The highest BCUT2D eigenvalue weighted by molar-refractivity contribution is 5.79. The van der Waals surface area contributed by atoms with E-state index in [1.807, 2.05) is 0 Å². The highest BCUT2D eigenvalue weighted by atomic mass is 16.6. The fourth-order valence-corrected chi connectivity index (χ4v) is 1.40. The summed E-state index contributed by atoms with van der Waals surface area (Å²) in [5.74, 6) is -1.62. The van der Waals surface area contributed by atoms with Crippen LogP contribution in [0.5, 0.6) is 0 Å². The van der Waals surface area contributed by atoms with Crippen LogP contribution >= 0.6 is 0 Å². The second-order valence-electron chi connectivity index (χ2n) is 3.46. The van der Waals surface area contributed by atoms with E-state index in [0.29, 0.717) is 5.56 Å². The fourth-order valence-electron chi connectivity index (χ4n) is 1.40. The summed E-state index contributed by atoms with van der Waals surface area (Å²) in [6.07, 6.45) is 0.0971. The van der Waals surface area contributed by atoms with Gasteiger partial charge in [0.15, 0.2) is 0 Å². The van der Waals surface area contributed by atoms with Crippen molar-refractivity contribution in [1.82, 2.24) is 0 Å². The van der Waals surface area contributed by atoms with E-state index in [1.54, 1.807) is 0 Å². The lowest BCUT2D eigenvalue weighted by Gasteiger charge is -2.16. The Balaban J connectivity index is 2.96. The number of nitro groups is 1. The number of hydrogen-bond acceptors (Lipinski definition) is 4. The Kier molecular flexibility index (Phi) is 3.95. The molecule has 0 heterocycles. The number of carbonyl (C=O) groups is 1. The van der Waals surface area contributed by atoms with Gasteiger partial charge in [-0.15, -0.1) is 6.58 Å². The third kappa shape index (κ3) is 2.88. The summed E-state index contributed by atoms with van der Waals surface area (Å²) in [6, 6.07) is 5.25. The molecule has 0 unspecified atom stereocenters. The lowest BCUT2D eigenvalue weighted by Crippen LogP contribution is -2.27. The van der Waals surface area contributed by atoms with Gasteiger partial charge in [0.2, 0.25) is 5.91 Å². The number of benzene rings is 1. The molecule has 0 radical (unpaired) electrons. The van der Waals surface area contributed by atoms with Crippen LogP contribution in [0.15, 0.2) is 36.9 Å². The first-order chi connectivity index (χ1) is 7.97. The summed E-state index contributed by atoms with van der Waals surface area (Å²) in [5, 5.41) is 20.3. The summed E-state index contributed by atoms with van der Waals surface area (Å²) >= 11 is 0. The zero-order valence-electron chi connectivity index (χ0n) is 8.95. The minimum absolute atomic E-state index is 0.0878. The maximum absolute atomic E-state index is 11.0. The second kappa shape index (κ2) is 5.22. The van der Waals surface area contributed by atoms with Crippen LogP contribution in [0.25, 0.3) is 0 Å². The Hall–Kier alpha value is -2.21. The molecule has 0 spiro atoms. The third-order valence-corrected chi connectivity index (χ3v) is 2.37. The van der Waals surface area contributed by atoms with Crippen LogP contribution < -0.4 is 5.73 Å². The van der Waals surface area contributed by atoms with E-state index in [2.05, 4.69) is 6.58 Å². The summed E-state index contributed by atoms with van der Waals surface area (Å²) in [5.41, 5.74) is 5.37. The molecule has 0 aliphatic heterocycles. The number of nitrogens with two attached hydrogens (primary N) is 1. The second-order valence-corrected chi connectivity index (χ2v) is 3.46. The lowest BCUT2D eigenvalue weighted by molar-refractivity contribution is -0.384. The van der Waals surface area contributed by atoms with E-state index in [9.17, 15) is 20.0 Å². The van der Waals surface area contributed by atoms with Gasteiger partial charge >= 0.3 is 0 Å². The van der Waals surface area contributed by atoms with Crippen LogP contribution in [0.2, 0.25) is 0 Å². The van der Waals surface area contributed by atoms with Gasteiger partial charge in [-0.2, -0.15) is 0 Å². The number of nitro benzene ring substituents is 1. The topological polar surface area (TPSA) is 106 Å². The number of rotatable bonds is 5. The largest absolute Gasteiger partial charge is 0.387 e. The van der Waals surface area contributed by atoms with Gasteiger partial charge in [0.1, 0.15) is 0 Å². The maximum Gasteiger partial charge on any atom is 0.269 e. The first-order valence-corrected chi connectivity index (χ1v) is 4.81. The molecule has 0 bridgehead atoms. The summed E-state index contributed by atoms with van der Waals surface area (Å²) in [4.78, 5) is 20.9. The monoisotopic (exact) mass is 236 g/mol. The molecule has 6 heteroatoms. The maximum atomic E-state index is 11.0. The Morgan fingerprint density at radius 1 is 1.47 bits per heavy atom. The van der Waals surface area contributed by atoms with Crippen molar-refractivity contribution in [3.63, 3.8) is 0 Å². The highest BCUT2D eigenvalue weighted by Gasteiger charge is 2.23. The molecule has 0 saturated heterocycles. The lowest BCUT2D eigenvalue weighted by atomic mass is 9.95. The van der Waals surface area contributed by atoms with Crippen LogP contribution in [0, 0.1) is 16.0 Å². The number of primary amides is 1. The van der Waals surface area contributed by atoms with E-state index >= 15 is 0 Å². The van der Waals surface area contributed by atoms with Crippen LogP contribution in [-0.4, -0.2) is 15.9 Å². The Bertz CT molecular complexity index is 441. The molecule has 6 nitrogen and oxygen atoms in total. The van der Waals surface area contributed by atoms with Crippen molar-refractivity contribution < 1.29 is 14.8 Å². The molecule has 90 valence electrons. The predicted molar refractivity (Wildman–Crippen MR) is 60.9 cm³/mol. The molecule has 2 atom stereocenters. The number of hydrogen-bond donors (Lipinski definition) is 2. The van der Waals surface area contributed by atoms with Crippen molar-refractivity contribution in [2.45, 2.75) is 6.10 Å². The molecular weight excluding hydrogens is 224 g/mol. The third-order valence-electron chi connectivity index (χ3n) is 2.37. The van der Waals surface area contributed by atoms with Crippen molar-refractivity contribution in [2.24, 2.45) is 11.7 Å². The zero-order valence-corrected chi connectivity index (χ0v) is 8.95. The van der Waals surface area contributed by atoms with Crippen molar-refractivity contribution in [2.75, 3.05) is 0 Å². The van der Waals surface area contributed by atoms with Gasteiger partial charge in [0, 0.05) is 12.1 Å². The minimum atomic E-state index is -1.15. The summed E-state index contributed by atoms with van der Waals surface area (Å²) in [7, 11) is 0. The van der Waals surface area contributed by atoms with E-state index in [1.165, 1.54) is 30.3 Å². The highest BCUT2D eigenvalue weighted by Crippen LogP contribution is 2.24. The molecular formula is C11H12N2O4. The normalized spacial score (nSPS) is 13.7. The van der Waals surface area contributed by atoms with Crippen molar-refractivity contribution in [1.29, 1.82) is 0 Å². The SMILES string of the molecule is C=C[C@H](C(N)=O)[C@H](O)c1ccc([N+](=O)[O-])cc1. The molecule has 1 aromatic carbocycles. The van der Waals surface area contributed by atoms with Crippen LogP contribution in [0.1, 0.15) is 11.7 Å². The quantitative estimate of drug-likeness (QED) is 0.450. The Morgan fingerprint density at radius 3 is 2.35 bits per heavy atom. The van der Waals surface area contributed by atoms with Crippen LogP contribution in [-0.2, 0) is 4.79 Å². The number of non-ortho nitro benzene ring substituents is 1. The molecule has 3 N–H and O–H groups in total. The first-order valence-electron chi connectivity index (χ1n) is 4.81. The Morgan fingerprint density at radius 2 is 2.00 bits per heavy atom. The minimum Gasteiger partial charge on any atom is -0.387 e. The van der Waals surface area contributed by atoms with Crippen molar-refractivity contribution in [3.8, 4) is 0 Å². The van der Waals surface area contributed by atoms with Gasteiger partial charge in [-0.1, -0.05) is 6.08 Å². The molecule has 0 aromatic heterocycles. The van der Waals surface area contributed by atoms with Gasteiger partial charge in [-0.05, 0) is 17.7 Å². The number of aliphatic hydroxyl groups excluding tert-OH is 1. The van der Waals surface area contributed by atoms with Crippen LogP contribution in [0.3, 0.4) is 0 Å². The molecule has 0 aliphatic carbocycles. The van der Waals surface area contributed by atoms with Gasteiger partial charge in [0.05, 0.1) is 16.9 Å². The standard InChI is InChI=1S/C11H12N2O4/c1-2-9(11(12)15)10(14)7-3-5-8(6-4-7)13(16)17/h2-6,9-10,14H,1H2,(H2,12,15)/t9-,10+/m0/s1. The van der Waals surface area contributed by atoms with E-state index in [0.717, 1.165) is 0 Å². The molecule has 0 saturated carbocycles. The molecule has 17 heavy (non-hydrogen) atoms. The molecule has 1 aromatic rings. The number of amides is 1. The zero-order chi connectivity index (χ0) is 13.0. The average molecular weight is 236 g/mol. The molecule has 0 fully saturated rings. The number of nitrogens with zero attached hydrogens (tertiary/aromatic N) is 1. The van der Waals surface area contributed by atoms with Crippen LogP contribution in [0.4, 0.5) is 5.69 Å². The molecule has 1 rings (SSSR count). The first kappa shape index (κ1) is 12.9. The van der Waals surface area contributed by atoms with Gasteiger partial charge in [-0.25, -0.2) is 0 Å². The molecule has 1 amide bonds. The number of carbonyl (C=O) groups excluding carboxylic acids is 1. The van der Waals surface area contributed by atoms with Gasteiger partial charge in [0.25, 0.3) is 5.69 Å². The van der Waals surface area contributed by atoms with Crippen molar-refractivity contribution in [3.05, 3.63) is 52.6 Å². The summed E-state index contributed by atoms with van der Waals surface area (Å²) < 4.78 is 0. The van der Waals surface area contributed by atoms with E-state index in [4.69, 9.17) is 5.73 Å². The van der Waals surface area contributed by atoms with E-state index in [-0.39, 0.29) is 5.69 Å². The van der Waals surface area contributed by atoms with Gasteiger partial charge < -0.3 is 10.8 Å². The fraction of sp³-hybridized carbons (Fsp3) is 0.182. The summed E-state index contributed by atoms with van der Waals surface area (Å²) in [6.45, 7) is 3.41. The van der Waals surface area contributed by atoms with E-state index < -0.39 is 22.9 Å². The number of aliphatic hydroxyl groups is 1.